The van der Waals surface area contributed by atoms with Gasteiger partial charge < -0.3 is 10.1 Å². The van der Waals surface area contributed by atoms with Crippen LogP contribution in [0.1, 0.15) is 0 Å². The molecule has 0 atom stereocenters. The number of azo groups is 1. The number of nitrogens with one attached hydrogen (secondary N) is 1. The Kier molecular flexibility index (Phi) is 4.42. The number of halogens is 1. The molecule has 2 N–H and O–H groups in total. The van der Waals surface area contributed by atoms with E-state index in [1.807, 2.05) is 0 Å². The molecule has 17 heavy (non-hydrogen) atoms. The Hall–Kier alpha value is -2.14. The molecule has 0 aliphatic carbocycles. The topological polar surface area (TPSA) is 77.8 Å². The Balaban J connectivity index is 0.00000144. The van der Waals surface area contributed by atoms with Crippen molar-refractivity contribution in [2.24, 2.45) is 10.2 Å². The van der Waals surface area contributed by atoms with Crippen LogP contribution in [0.2, 0.25) is 0 Å². The standard InChI is InChI=1S/C11H9N3O2.ClH/c15-10-6-2-1-4-8(10)13-14-9-5-3-7-12-11(9)16;/h1-7,15H,(H,12,16);1H. The Bertz CT molecular complexity index is 581. The van der Waals surface area contributed by atoms with E-state index in [2.05, 4.69) is 15.2 Å². The van der Waals surface area contributed by atoms with Crippen molar-refractivity contribution in [2.75, 3.05) is 0 Å². The van der Waals surface area contributed by atoms with Crippen molar-refractivity contribution < 1.29 is 5.11 Å². The molecule has 5 nitrogen and oxygen atoms in total. The first-order valence-corrected chi connectivity index (χ1v) is 4.65. The summed E-state index contributed by atoms with van der Waals surface area (Å²) < 4.78 is 0. The molecule has 2 rings (SSSR count). The lowest BCUT2D eigenvalue weighted by atomic mass is 10.3. The zero-order valence-electron chi connectivity index (χ0n) is 8.70. The average molecular weight is 252 g/mol. The fraction of sp³-hybridized carbons (Fsp3) is 0. The van der Waals surface area contributed by atoms with Crippen LogP contribution in [-0.4, -0.2) is 10.1 Å². The largest absolute Gasteiger partial charge is 0.506 e. The molecule has 88 valence electrons. The van der Waals surface area contributed by atoms with E-state index >= 15 is 0 Å². The van der Waals surface area contributed by atoms with Crippen LogP contribution < -0.4 is 5.56 Å². The van der Waals surface area contributed by atoms with Crippen molar-refractivity contribution in [1.82, 2.24) is 4.98 Å². The van der Waals surface area contributed by atoms with Gasteiger partial charge in [0.05, 0.1) is 0 Å². The van der Waals surface area contributed by atoms with Gasteiger partial charge in [-0.3, -0.25) is 4.79 Å². The third-order valence-electron chi connectivity index (χ3n) is 1.94. The maximum atomic E-state index is 11.3. The molecule has 0 spiro atoms. The summed E-state index contributed by atoms with van der Waals surface area (Å²) in [6, 6.07) is 9.72. The van der Waals surface area contributed by atoms with E-state index in [0.717, 1.165) is 0 Å². The second-order valence-corrected chi connectivity index (χ2v) is 3.07. The molecule has 0 bridgehead atoms. The van der Waals surface area contributed by atoms with Gasteiger partial charge in [0.1, 0.15) is 11.4 Å². The zero-order valence-corrected chi connectivity index (χ0v) is 9.52. The zero-order chi connectivity index (χ0) is 11.4. The highest BCUT2D eigenvalue weighted by molar-refractivity contribution is 5.85. The van der Waals surface area contributed by atoms with E-state index in [4.69, 9.17) is 0 Å². The van der Waals surface area contributed by atoms with Crippen LogP contribution in [0.25, 0.3) is 0 Å². The maximum Gasteiger partial charge on any atom is 0.275 e. The first-order chi connectivity index (χ1) is 7.77. The van der Waals surface area contributed by atoms with Gasteiger partial charge in [0.25, 0.3) is 5.56 Å². The lowest BCUT2D eigenvalue weighted by molar-refractivity contribution is 0.476. The van der Waals surface area contributed by atoms with Crippen molar-refractivity contribution in [3.63, 3.8) is 0 Å². The van der Waals surface area contributed by atoms with Gasteiger partial charge in [0.2, 0.25) is 0 Å². The normalized spacial score (nSPS) is 10.1. The van der Waals surface area contributed by atoms with Gasteiger partial charge in [0.15, 0.2) is 5.69 Å². The van der Waals surface area contributed by atoms with E-state index in [0.29, 0.717) is 5.69 Å². The quantitative estimate of drug-likeness (QED) is 0.805. The van der Waals surface area contributed by atoms with E-state index in [1.165, 1.54) is 12.3 Å². The number of para-hydroxylation sites is 1. The molecular weight excluding hydrogens is 242 g/mol. The minimum Gasteiger partial charge on any atom is -0.506 e. The van der Waals surface area contributed by atoms with E-state index in [-0.39, 0.29) is 29.4 Å². The average Bonchev–Trinajstić information content (AvgIpc) is 2.30. The second kappa shape index (κ2) is 5.81. The fourth-order valence-electron chi connectivity index (χ4n) is 1.15. The molecule has 2 aromatic rings. The number of phenols is 1. The van der Waals surface area contributed by atoms with Gasteiger partial charge >= 0.3 is 0 Å². The van der Waals surface area contributed by atoms with Gasteiger partial charge in [-0.1, -0.05) is 12.1 Å². The number of pyridine rings is 1. The Morgan fingerprint density at radius 3 is 2.35 bits per heavy atom. The summed E-state index contributed by atoms with van der Waals surface area (Å²) in [6.07, 6.45) is 1.52. The summed E-state index contributed by atoms with van der Waals surface area (Å²) in [7, 11) is 0. The molecule has 1 heterocycles. The summed E-state index contributed by atoms with van der Waals surface area (Å²) in [5, 5.41) is 17.0. The predicted molar refractivity (Wildman–Crippen MR) is 66.6 cm³/mol. The molecule has 0 fully saturated rings. The SMILES string of the molecule is Cl.O=c1[nH]cccc1N=Nc1ccccc1O. The summed E-state index contributed by atoms with van der Waals surface area (Å²) in [5.74, 6) is 0.0265. The van der Waals surface area contributed by atoms with Gasteiger partial charge in [0, 0.05) is 6.20 Å². The van der Waals surface area contributed by atoms with Gasteiger partial charge in [-0.25, -0.2) is 0 Å². The highest BCUT2D eigenvalue weighted by atomic mass is 35.5. The summed E-state index contributed by atoms with van der Waals surface area (Å²) in [4.78, 5) is 13.7. The fourth-order valence-corrected chi connectivity index (χ4v) is 1.15. The molecule has 0 aliphatic heterocycles. The minimum absolute atomic E-state index is 0. The van der Waals surface area contributed by atoms with Crippen molar-refractivity contribution >= 4 is 23.8 Å². The number of nitrogens with zero attached hydrogens (tertiary/aromatic N) is 2. The molecule has 1 aromatic carbocycles. The Labute approximate surface area is 103 Å². The molecule has 0 radical (unpaired) electrons. The third-order valence-corrected chi connectivity index (χ3v) is 1.94. The number of rotatable bonds is 2. The van der Waals surface area contributed by atoms with Crippen LogP contribution >= 0.6 is 12.4 Å². The maximum absolute atomic E-state index is 11.3. The lowest BCUT2D eigenvalue weighted by Gasteiger charge is -1.95. The predicted octanol–water partition coefficient (Wildman–Crippen LogP) is 2.92. The van der Waals surface area contributed by atoms with E-state index in [1.54, 1.807) is 30.3 Å². The Morgan fingerprint density at radius 1 is 1.00 bits per heavy atom. The number of aromatic nitrogens is 1. The molecule has 6 heteroatoms. The summed E-state index contributed by atoms with van der Waals surface area (Å²) >= 11 is 0. The summed E-state index contributed by atoms with van der Waals surface area (Å²) in [5.41, 5.74) is 0.207. The highest BCUT2D eigenvalue weighted by Gasteiger charge is 1.98. The Morgan fingerprint density at radius 2 is 1.65 bits per heavy atom. The molecule has 0 aliphatic rings. The minimum atomic E-state index is -0.318. The lowest BCUT2D eigenvalue weighted by Crippen LogP contribution is -2.01. The second-order valence-electron chi connectivity index (χ2n) is 3.07. The first-order valence-electron chi connectivity index (χ1n) is 4.65. The number of hydrogen-bond acceptors (Lipinski definition) is 4. The van der Waals surface area contributed by atoms with Gasteiger partial charge in [-0.15, -0.1) is 22.6 Å². The third kappa shape index (κ3) is 3.15. The smallest absolute Gasteiger partial charge is 0.275 e. The van der Waals surface area contributed by atoms with Crippen LogP contribution in [0.3, 0.4) is 0 Å². The monoisotopic (exact) mass is 251 g/mol. The van der Waals surface area contributed by atoms with Crippen LogP contribution in [0, 0.1) is 0 Å². The van der Waals surface area contributed by atoms with Gasteiger partial charge in [-0.2, -0.15) is 0 Å². The molecule has 0 saturated heterocycles. The molecule has 1 aromatic heterocycles. The summed E-state index contributed by atoms with van der Waals surface area (Å²) in [6.45, 7) is 0. The highest BCUT2D eigenvalue weighted by Crippen LogP contribution is 2.26. The first kappa shape index (κ1) is 12.9. The van der Waals surface area contributed by atoms with Crippen molar-refractivity contribution in [2.45, 2.75) is 0 Å². The van der Waals surface area contributed by atoms with Crippen LogP contribution in [0.4, 0.5) is 11.4 Å². The molecule has 0 saturated carbocycles. The van der Waals surface area contributed by atoms with E-state index in [9.17, 15) is 9.90 Å². The molecule has 0 unspecified atom stereocenters. The van der Waals surface area contributed by atoms with E-state index < -0.39 is 0 Å². The van der Waals surface area contributed by atoms with Crippen LogP contribution in [0.15, 0.2) is 57.6 Å². The molecule has 0 amide bonds. The number of hydrogen-bond donors (Lipinski definition) is 2. The number of H-pyrrole nitrogens is 1. The van der Waals surface area contributed by atoms with Crippen molar-refractivity contribution in [3.8, 4) is 5.75 Å². The number of aromatic hydroxyl groups is 1. The van der Waals surface area contributed by atoms with Gasteiger partial charge in [-0.05, 0) is 24.3 Å². The molecular formula is C11H10ClN3O2. The number of aromatic amines is 1. The number of phenolic OH excluding ortho intramolecular Hbond substituents is 1. The van der Waals surface area contributed by atoms with Crippen LogP contribution in [-0.2, 0) is 0 Å². The van der Waals surface area contributed by atoms with Crippen molar-refractivity contribution in [1.29, 1.82) is 0 Å². The van der Waals surface area contributed by atoms with Crippen LogP contribution in [0.5, 0.6) is 5.75 Å². The number of benzene rings is 1. The van der Waals surface area contributed by atoms with Crippen molar-refractivity contribution in [3.05, 3.63) is 52.9 Å².